The number of nitrogens with zero attached hydrogens (tertiary/aromatic N) is 6. The van der Waals surface area contributed by atoms with Gasteiger partial charge in [0.2, 0.25) is 0 Å². The first-order chi connectivity index (χ1) is 20.5. The lowest BCUT2D eigenvalue weighted by Gasteiger charge is -2.43. The molecule has 5 N–H and O–H groups in total. The number of anilines is 4. The molecule has 0 spiro atoms. The quantitative estimate of drug-likeness (QED) is 0.249. The zero-order chi connectivity index (χ0) is 28.6. The second kappa shape index (κ2) is 10.9. The second-order valence-electron chi connectivity index (χ2n) is 11.5. The van der Waals surface area contributed by atoms with Crippen molar-refractivity contribution in [1.82, 2.24) is 20.1 Å². The van der Waals surface area contributed by atoms with E-state index in [1.165, 1.54) is 11.3 Å². The summed E-state index contributed by atoms with van der Waals surface area (Å²) < 4.78 is 0. The zero-order valence-corrected chi connectivity index (χ0v) is 23.4. The first-order valence-electron chi connectivity index (χ1n) is 14.5. The van der Waals surface area contributed by atoms with E-state index in [4.69, 9.17) is 11.5 Å². The molecule has 0 saturated carbocycles. The Balaban J connectivity index is 1.01. The van der Waals surface area contributed by atoms with Crippen molar-refractivity contribution < 1.29 is 5.11 Å². The maximum Gasteiger partial charge on any atom is 0.169 e. The van der Waals surface area contributed by atoms with Crippen LogP contribution in [0.1, 0.15) is 30.0 Å². The number of phenolic OH excluding ortho intramolecular Hbond substituents is 1. The molecule has 2 bridgehead atoms. The van der Waals surface area contributed by atoms with E-state index in [9.17, 15) is 5.11 Å². The van der Waals surface area contributed by atoms with Gasteiger partial charge in [-0.3, -0.25) is 4.90 Å². The predicted molar refractivity (Wildman–Crippen MR) is 166 cm³/mol. The van der Waals surface area contributed by atoms with Crippen molar-refractivity contribution in [1.29, 1.82) is 0 Å². The van der Waals surface area contributed by atoms with Crippen LogP contribution in [-0.4, -0.2) is 70.0 Å². The summed E-state index contributed by atoms with van der Waals surface area (Å²) >= 11 is 0. The second-order valence-corrected chi connectivity index (χ2v) is 11.5. The molecule has 9 nitrogen and oxygen atoms in total. The molecular formula is C33H34N8O. The van der Waals surface area contributed by atoms with Crippen LogP contribution < -0.4 is 21.3 Å². The van der Waals surface area contributed by atoms with Crippen molar-refractivity contribution in [2.45, 2.75) is 30.8 Å². The number of nitrogens with two attached hydrogens (primary N) is 2. The molecule has 2 atom stereocenters. The molecule has 42 heavy (non-hydrogen) atoms. The number of likely N-dealkylation sites (tertiary alicyclic amines) is 1. The largest absolute Gasteiger partial charge is 0.507 e. The minimum absolute atomic E-state index is 0.177. The number of aromatic nitrogens is 3. The van der Waals surface area contributed by atoms with Gasteiger partial charge >= 0.3 is 0 Å². The summed E-state index contributed by atoms with van der Waals surface area (Å²) in [5, 5.41) is 18.8. The molecule has 3 saturated heterocycles. The van der Waals surface area contributed by atoms with Crippen molar-refractivity contribution in [2.75, 3.05) is 54.0 Å². The number of phenols is 1. The first kappa shape index (κ1) is 26.1. The summed E-state index contributed by atoms with van der Waals surface area (Å²) in [6.07, 6.45) is 4.09. The number of fused-ring (bicyclic) bond motifs is 2. The van der Waals surface area contributed by atoms with Gasteiger partial charge in [-0.05, 0) is 66.8 Å². The fraction of sp³-hybridized carbons (Fsp3) is 0.303. The van der Waals surface area contributed by atoms with Crippen molar-refractivity contribution >= 4 is 22.9 Å². The van der Waals surface area contributed by atoms with Crippen LogP contribution in [0.2, 0.25) is 0 Å². The van der Waals surface area contributed by atoms with Crippen molar-refractivity contribution in [3.8, 4) is 28.8 Å². The highest BCUT2D eigenvalue weighted by Crippen LogP contribution is 2.39. The lowest BCUT2D eigenvalue weighted by Crippen LogP contribution is -2.54. The number of piperazine rings is 1. The minimum Gasteiger partial charge on any atom is -0.507 e. The Kier molecular flexibility index (Phi) is 6.76. The SMILES string of the molecule is Nc1ccc(C2CN(CC#Cc3cc(N4C5CCC4CN(c4cc(-c6ccccc6O)nnc4N)C5)ccn3)C2)cc1. The Hall–Kier alpha value is -4.81. The summed E-state index contributed by atoms with van der Waals surface area (Å²) in [7, 11) is 0. The summed E-state index contributed by atoms with van der Waals surface area (Å²) in [5.41, 5.74) is 18.4. The van der Waals surface area contributed by atoms with E-state index in [1.807, 2.05) is 36.5 Å². The first-order valence-corrected chi connectivity index (χ1v) is 14.5. The lowest BCUT2D eigenvalue weighted by atomic mass is 9.91. The van der Waals surface area contributed by atoms with Crippen LogP contribution in [0.3, 0.4) is 0 Å². The molecule has 2 unspecified atom stereocenters. The highest BCUT2D eigenvalue weighted by atomic mass is 16.3. The number of nitrogen functional groups attached to an aromatic ring is 2. The van der Waals surface area contributed by atoms with Gasteiger partial charge in [0, 0.05) is 67.3 Å². The average molecular weight is 559 g/mol. The summed E-state index contributed by atoms with van der Waals surface area (Å²) in [5.74, 6) is 7.77. The van der Waals surface area contributed by atoms with E-state index in [0.717, 1.165) is 62.6 Å². The maximum atomic E-state index is 10.3. The van der Waals surface area contributed by atoms with Gasteiger partial charge in [0.25, 0.3) is 0 Å². The van der Waals surface area contributed by atoms with Crippen molar-refractivity contribution in [3.05, 3.63) is 84.2 Å². The normalized spacial score (nSPS) is 20.2. The number of rotatable bonds is 5. The predicted octanol–water partition coefficient (Wildman–Crippen LogP) is 3.72. The van der Waals surface area contributed by atoms with Gasteiger partial charge in [0.05, 0.1) is 17.9 Å². The summed E-state index contributed by atoms with van der Waals surface area (Å²) in [6.45, 7) is 4.45. The Bertz CT molecular complexity index is 1640. The van der Waals surface area contributed by atoms with Gasteiger partial charge in [-0.15, -0.1) is 10.2 Å². The van der Waals surface area contributed by atoms with Crippen LogP contribution in [-0.2, 0) is 0 Å². The highest BCUT2D eigenvalue weighted by molar-refractivity contribution is 5.74. The Morgan fingerprint density at radius 3 is 2.40 bits per heavy atom. The molecule has 2 aromatic heterocycles. The molecule has 212 valence electrons. The third kappa shape index (κ3) is 5.06. The van der Waals surface area contributed by atoms with Crippen LogP contribution in [0.15, 0.2) is 72.9 Å². The molecule has 3 fully saturated rings. The highest BCUT2D eigenvalue weighted by Gasteiger charge is 2.40. The fourth-order valence-corrected chi connectivity index (χ4v) is 6.56. The number of aromatic hydroxyl groups is 1. The minimum atomic E-state index is 0.177. The van der Waals surface area contributed by atoms with Crippen LogP contribution >= 0.6 is 0 Å². The summed E-state index contributed by atoms with van der Waals surface area (Å²) in [6, 6.07) is 22.2. The molecule has 0 radical (unpaired) electrons. The van der Waals surface area contributed by atoms with Gasteiger partial charge in [0.1, 0.15) is 11.4 Å². The van der Waals surface area contributed by atoms with Crippen molar-refractivity contribution in [3.63, 3.8) is 0 Å². The van der Waals surface area contributed by atoms with Gasteiger partial charge in [-0.1, -0.05) is 30.2 Å². The molecule has 4 aromatic rings. The number of hydrogen-bond donors (Lipinski definition) is 3. The molecule has 0 aliphatic carbocycles. The number of hydrogen-bond acceptors (Lipinski definition) is 9. The number of para-hydroxylation sites is 1. The summed E-state index contributed by atoms with van der Waals surface area (Å²) in [4.78, 5) is 11.8. The van der Waals surface area contributed by atoms with Crippen LogP contribution in [0.4, 0.5) is 22.9 Å². The smallest absolute Gasteiger partial charge is 0.169 e. The van der Waals surface area contributed by atoms with E-state index < -0.39 is 0 Å². The fourth-order valence-electron chi connectivity index (χ4n) is 6.56. The third-order valence-corrected chi connectivity index (χ3v) is 8.73. The average Bonchev–Trinajstić information content (AvgIpc) is 3.25. The topological polar surface area (TPSA) is 121 Å². The van der Waals surface area contributed by atoms with Crippen LogP contribution in [0.25, 0.3) is 11.3 Å². The Morgan fingerprint density at radius 2 is 1.64 bits per heavy atom. The molecule has 2 aromatic carbocycles. The van der Waals surface area contributed by atoms with E-state index in [1.54, 1.807) is 12.1 Å². The standard InChI is InChI=1S/C33H34N8O/c34-24-9-7-22(8-10-24)23-18-39(19-23)15-3-4-25-16-26(13-14-36-25)41-27-11-12-28(41)21-40(20-27)31-17-30(37-38-33(31)35)29-5-1-2-6-32(29)42/h1-2,5-10,13-14,16-17,23,27-28,42H,11-12,15,18-21,34H2,(H2,35,38). The number of benzene rings is 2. The molecule has 5 heterocycles. The van der Waals surface area contributed by atoms with E-state index in [0.29, 0.717) is 35.1 Å². The molecule has 0 amide bonds. The molecule has 3 aliphatic heterocycles. The van der Waals surface area contributed by atoms with Crippen molar-refractivity contribution in [2.24, 2.45) is 0 Å². The molecule has 3 aliphatic rings. The zero-order valence-electron chi connectivity index (χ0n) is 23.4. The van der Waals surface area contributed by atoms with Crippen LogP contribution in [0.5, 0.6) is 5.75 Å². The van der Waals surface area contributed by atoms with Gasteiger partial charge < -0.3 is 26.4 Å². The molecule has 9 heteroatoms. The van der Waals surface area contributed by atoms with Gasteiger partial charge in [-0.2, -0.15) is 0 Å². The van der Waals surface area contributed by atoms with E-state index in [-0.39, 0.29) is 5.75 Å². The third-order valence-electron chi connectivity index (χ3n) is 8.73. The van der Waals surface area contributed by atoms with Crippen LogP contribution in [0, 0.1) is 11.8 Å². The van der Waals surface area contributed by atoms with E-state index >= 15 is 0 Å². The maximum absolute atomic E-state index is 10.3. The monoisotopic (exact) mass is 558 g/mol. The number of pyridine rings is 1. The molecular weight excluding hydrogens is 524 g/mol. The van der Waals surface area contributed by atoms with Gasteiger partial charge in [0.15, 0.2) is 5.82 Å². The van der Waals surface area contributed by atoms with Gasteiger partial charge in [-0.25, -0.2) is 4.98 Å². The van der Waals surface area contributed by atoms with E-state index in [2.05, 4.69) is 66.0 Å². The lowest BCUT2D eigenvalue weighted by molar-refractivity contribution is 0.170. The Labute approximate surface area is 245 Å². The molecule has 7 rings (SSSR count). The Morgan fingerprint density at radius 1 is 0.881 bits per heavy atom.